The van der Waals surface area contributed by atoms with E-state index in [0.29, 0.717) is 13.0 Å². The maximum absolute atomic E-state index is 11.2. The van der Waals surface area contributed by atoms with Gasteiger partial charge in [-0.3, -0.25) is 9.59 Å². The first-order valence-electron chi connectivity index (χ1n) is 5.63. The fourth-order valence-corrected chi connectivity index (χ4v) is 1.20. The van der Waals surface area contributed by atoms with E-state index in [4.69, 9.17) is 20.4 Å². The lowest BCUT2D eigenvalue weighted by Gasteiger charge is -2.09. The van der Waals surface area contributed by atoms with Gasteiger partial charge in [-0.2, -0.15) is 0 Å². The molecule has 0 aliphatic carbocycles. The third-order valence-corrected chi connectivity index (χ3v) is 1.89. The quantitative estimate of drug-likeness (QED) is 0.822. The second kappa shape index (κ2) is 11.5. The molecule has 0 amide bonds. The van der Waals surface area contributed by atoms with Gasteiger partial charge in [-0.15, -0.1) is 12.4 Å². The molecule has 0 saturated carbocycles. The van der Waals surface area contributed by atoms with Gasteiger partial charge in [0.25, 0.3) is 5.97 Å². The van der Waals surface area contributed by atoms with Gasteiger partial charge in [0.1, 0.15) is 6.04 Å². The molecule has 0 aliphatic rings. The first kappa shape index (κ1) is 19.7. The molecule has 5 nitrogen and oxygen atoms in total. The van der Waals surface area contributed by atoms with Gasteiger partial charge in [-0.25, -0.2) is 0 Å². The number of halogens is 1. The van der Waals surface area contributed by atoms with Crippen molar-refractivity contribution < 1.29 is 19.4 Å². The van der Waals surface area contributed by atoms with E-state index in [2.05, 4.69) is 0 Å². The standard InChI is InChI=1S/C11H15NO2.C2H4O2.ClH/c1-2-14-11(13)10(12)8-9-6-4-3-5-7-9;1-2(3)4;/h3-7,10H,2,8,12H2,1H3;1H3,(H,3,4);1H/t10-;;/m0../s1. The topological polar surface area (TPSA) is 89.6 Å². The summed E-state index contributed by atoms with van der Waals surface area (Å²) in [5.41, 5.74) is 6.71. The number of hydrogen-bond acceptors (Lipinski definition) is 4. The lowest BCUT2D eigenvalue weighted by atomic mass is 10.1. The highest BCUT2D eigenvalue weighted by molar-refractivity contribution is 5.85. The van der Waals surface area contributed by atoms with Crippen LogP contribution in [0.25, 0.3) is 0 Å². The highest BCUT2D eigenvalue weighted by Gasteiger charge is 2.14. The molecular weight excluding hydrogens is 270 g/mol. The fraction of sp³-hybridized carbons (Fsp3) is 0.385. The normalized spacial score (nSPS) is 10.3. The van der Waals surface area contributed by atoms with Crippen LogP contribution in [0, 0.1) is 0 Å². The number of carbonyl (C=O) groups excluding carboxylic acids is 1. The summed E-state index contributed by atoms with van der Waals surface area (Å²) < 4.78 is 4.81. The first-order chi connectivity index (χ1) is 8.47. The van der Waals surface area contributed by atoms with E-state index in [1.54, 1.807) is 6.92 Å². The van der Waals surface area contributed by atoms with Crippen LogP contribution in [-0.4, -0.2) is 29.7 Å². The van der Waals surface area contributed by atoms with Crippen molar-refractivity contribution in [3.8, 4) is 0 Å². The summed E-state index contributed by atoms with van der Waals surface area (Å²) in [6, 6.07) is 9.11. The lowest BCUT2D eigenvalue weighted by Crippen LogP contribution is -2.34. The van der Waals surface area contributed by atoms with Crippen molar-refractivity contribution in [2.75, 3.05) is 6.61 Å². The summed E-state index contributed by atoms with van der Waals surface area (Å²) in [7, 11) is 0. The number of carbonyl (C=O) groups is 2. The lowest BCUT2D eigenvalue weighted by molar-refractivity contribution is -0.144. The molecule has 0 radical (unpaired) electrons. The van der Waals surface area contributed by atoms with Crippen molar-refractivity contribution >= 4 is 24.3 Å². The zero-order valence-electron chi connectivity index (χ0n) is 11.0. The summed E-state index contributed by atoms with van der Waals surface area (Å²) in [6.07, 6.45) is 0.527. The third-order valence-electron chi connectivity index (χ3n) is 1.89. The van der Waals surface area contributed by atoms with Gasteiger partial charge in [-0.05, 0) is 18.9 Å². The smallest absolute Gasteiger partial charge is 0.323 e. The minimum atomic E-state index is -0.833. The summed E-state index contributed by atoms with van der Waals surface area (Å²) >= 11 is 0. The average molecular weight is 290 g/mol. The van der Waals surface area contributed by atoms with Gasteiger partial charge in [0.15, 0.2) is 0 Å². The minimum absolute atomic E-state index is 0. The molecule has 0 bridgehead atoms. The predicted molar refractivity (Wildman–Crippen MR) is 75.3 cm³/mol. The van der Waals surface area contributed by atoms with Gasteiger partial charge in [0, 0.05) is 6.92 Å². The average Bonchev–Trinajstić information content (AvgIpc) is 2.30. The number of carboxylic acids is 1. The zero-order chi connectivity index (χ0) is 14.0. The van der Waals surface area contributed by atoms with E-state index in [-0.39, 0.29) is 18.4 Å². The molecule has 0 heterocycles. The van der Waals surface area contributed by atoms with E-state index in [0.717, 1.165) is 12.5 Å². The van der Waals surface area contributed by atoms with Crippen LogP contribution < -0.4 is 5.73 Å². The number of hydrogen-bond donors (Lipinski definition) is 2. The van der Waals surface area contributed by atoms with Crippen LogP contribution in [0.1, 0.15) is 19.4 Å². The van der Waals surface area contributed by atoms with Crippen LogP contribution in [0.15, 0.2) is 30.3 Å². The molecule has 0 fully saturated rings. The van der Waals surface area contributed by atoms with E-state index in [1.165, 1.54) is 0 Å². The van der Waals surface area contributed by atoms with E-state index in [1.807, 2.05) is 30.3 Å². The largest absolute Gasteiger partial charge is 0.481 e. The Labute approximate surface area is 119 Å². The zero-order valence-corrected chi connectivity index (χ0v) is 11.9. The van der Waals surface area contributed by atoms with E-state index >= 15 is 0 Å². The molecule has 1 aromatic carbocycles. The summed E-state index contributed by atoms with van der Waals surface area (Å²) in [6.45, 7) is 3.23. The van der Waals surface area contributed by atoms with E-state index in [9.17, 15) is 4.79 Å². The molecule has 1 atom stereocenters. The van der Waals surface area contributed by atoms with Crippen molar-refractivity contribution in [3.05, 3.63) is 35.9 Å². The van der Waals surface area contributed by atoms with Gasteiger partial charge in [-0.1, -0.05) is 30.3 Å². The number of esters is 1. The Morgan fingerprint density at radius 2 is 1.79 bits per heavy atom. The molecule has 0 unspecified atom stereocenters. The van der Waals surface area contributed by atoms with Crippen molar-refractivity contribution in [2.45, 2.75) is 26.3 Å². The summed E-state index contributed by atoms with van der Waals surface area (Å²) in [5.74, 6) is -1.17. The van der Waals surface area contributed by atoms with Gasteiger partial charge < -0.3 is 15.6 Å². The molecule has 6 heteroatoms. The number of rotatable bonds is 4. The molecule has 19 heavy (non-hydrogen) atoms. The molecule has 108 valence electrons. The first-order valence-corrected chi connectivity index (χ1v) is 5.63. The molecule has 0 aromatic heterocycles. The monoisotopic (exact) mass is 289 g/mol. The molecule has 0 spiro atoms. The van der Waals surface area contributed by atoms with Gasteiger partial charge in [0.05, 0.1) is 6.61 Å². The Morgan fingerprint density at radius 3 is 2.21 bits per heavy atom. The number of ether oxygens (including phenoxy) is 1. The Bertz CT molecular complexity index is 366. The number of carboxylic acid groups (broad SMARTS) is 1. The van der Waals surface area contributed by atoms with Gasteiger partial charge >= 0.3 is 5.97 Å². The predicted octanol–water partition coefficient (Wildman–Crippen LogP) is 1.63. The Morgan fingerprint density at radius 1 is 1.32 bits per heavy atom. The van der Waals surface area contributed by atoms with Crippen LogP contribution in [0.2, 0.25) is 0 Å². The van der Waals surface area contributed by atoms with Crippen LogP contribution in [0.4, 0.5) is 0 Å². The second-order valence-corrected chi connectivity index (χ2v) is 3.57. The number of nitrogens with two attached hydrogens (primary N) is 1. The molecule has 1 aromatic rings. The van der Waals surface area contributed by atoms with Crippen molar-refractivity contribution in [1.82, 2.24) is 0 Å². The highest BCUT2D eigenvalue weighted by atomic mass is 35.5. The minimum Gasteiger partial charge on any atom is -0.481 e. The maximum atomic E-state index is 11.2. The number of aliphatic carboxylic acids is 1. The summed E-state index contributed by atoms with van der Waals surface area (Å²) in [5, 5.41) is 7.42. The Kier molecular flexibility index (Phi) is 11.9. The van der Waals surface area contributed by atoms with Crippen molar-refractivity contribution in [3.63, 3.8) is 0 Å². The van der Waals surface area contributed by atoms with Crippen LogP contribution in [-0.2, 0) is 20.7 Å². The Hall–Kier alpha value is -1.59. The van der Waals surface area contributed by atoms with Crippen LogP contribution in [0.5, 0.6) is 0 Å². The maximum Gasteiger partial charge on any atom is 0.323 e. The number of benzene rings is 1. The molecule has 0 aliphatic heterocycles. The third kappa shape index (κ3) is 11.2. The molecule has 3 N–H and O–H groups in total. The van der Waals surface area contributed by atoms with Crippen LogP contribution in [0.3, 0.4) is 0 Å². The highest BCUT2D eigenvalue weighted by Crippen LogP contribution is 2.02. The Balaban J connectivity index is 0. The van der Waals surface area contributed by atoms with Crippen molar-refractivity contribution in [2.24, 2.45) is 5.73 Å². The van der Waals surface area contributed by atoms with Crippen LogP contribution >= 0.6 is 12.4 Å². The van der Waals surface area contributed by atoms with E-state index < -0.39 is 12.0 Å². The van der Waals surface area contributed by atoms with Gasteiger partial charge in [0.2, 0.25) is 0 Å². The molecule has 0 saturated heterocycles. The summed E-state index contributed by atoms with van der Waals surface area (Å²) in [4.78, 5) is 20.2. The van der Waals surface area contributed by atoms with Crippen molar-refractivity contribution in [1.29, 1.82) is 0 Å². The SMILES string of the molecule is CC(=O)O.CCOC(=O)[C@@H](N)Cc1ccccc1.Cl. The fourth-order valence-electron chi connectivity index (χ4n) is 1.20. The second-order valence-electron chi connectivity index (χ2n) is 3.57. The molecular formula is C13H20ClNO4. The molecule has 1 rings (SSSR count).